The number of rotatable bonds is 2. The van der Waals surface area contributed by atoms with E-state index in [-0.39, 0.29) is 12.1 Å². The van der Waals surface area contributed by atoms with Crippen molar-refractivity contribution in [2.24, 2.45) is 5.92 Å². The molecule has 2 aliphatic heterocycles. The third kappa shape index (κ3) is 3.35. The highest BCUT2D eigenvalue weighted by Crippen LogP contribution is 2.34. The lowest BCUT2D eigenvalue weighted by Crippen LogP contribution is -2.51. The predicted octanol–water partition coefficient (Wildman–Crippen LogP) is 2.40. The summed E-state index contributed by atoms with van der Waals surface area (Å²) in [5.74, 6) is -1.12. The fraction of sp³-hybridized carbons (Fsp3) is 1.00. The molecule has 100 valence electrons. The van der Waals surface area contributed by atoms with Crippen molar-refractivity contribution in [3.8, 4) is 0 Å². The smallest absolute Gasteiger partial charge is 0.310 e. The number of halogens is 3. The lowest BCUT2D eigenvalue weighted by Gasteiger charge is -2.38. The Morgan fingerprint density at radius 3 is 2.71 bits per heavy atom. The Bertz CT molecular complexity index is 259. The van der Waals surface area contributed by atoms with Gasteiger partial charge in [-0.2, -0.15) is 13.2 Å². The molecular weight excluding hydrogens is 229 g/mol. The lowest BCUT2D eigenvalue weighted by molar-refractivity contribution is -0.187. The average molecular weight is 250 g/mol. The molecule has 2 heterocycles. The van der Waals surface area contributed by atoms with Crippen LogP contribution in [0.25, 0.3) is 0 Å². The Hall–Kier alpha value is -0.290. The highest BCUT2D eigenvalue weighted by atomic mass is 19.4. The van der Waals surface area contributed by atoms with Crippen LogP contribution in [0.2, 0.25) is 0 Å². The van der Waals surface area contributed by atoms with Crippen LogP contribution in [0.3, 0.4) is 0 Å². The van der Waals surface area contributed by atoms with E-state index < -0.39 is 12.1 Å². The molecule has 2 unspecified atom stereocenters. The number of nitrogens with zero attached hydrogens (tertiary/aromatic N) is 1. The molecule has 0 spiro atoms. The van der Waals surface area contributed by atoms with E-state index in [0.29, 0.717) is 12.8 Å². The topological polar surface area (TPSA) is 15.3 Å². The van der Waals surface area contributed by atoms with Crippen molar-refractivity contribution >= 4 is 0 Å². The molecule has 0 aromatic carbocycles. The SMILES string of the molecule is CC1(CN2CCCC(C(F)(F)F)C2)CCCN1. The zero-order valence-electron chi connectivity index (χ0n) is 10.3. The minimum Gasteiger partial charge on any atom is -0.310 e. The Morgan fingerprint density at radius 2 is 2.12 bits per heavy atom. The molecule has 0 saturated carbocycles. The van der Waals surface area contributed by atoms with Crippen LogP contribution in [0.4, 0.5) is 13.2 Å². The van der Waals surface area contributed by atoms with Crippen LogP contribution in [-0.2, 0) is 0 Å². The monoisotopic (exact) mass is 250 g/mol. The zero-order chi connectivity index (χ0) is 12.5. The van der Waals surface area contributed by atoms with Gasteiger partial charge in [0.15, 0.2) is 0 Å². The molecule has 2 saturated heterocycles. The van der Waals surface area contributed by atoms with Crippen molar-refractivity contribution < 1.29 is 13.2 Å². The fourth-order valence-electron chi connectivity index (χ4n) is 3.05. The van der Waals surface area contributed by atoms with E-state index in [0.717, 1.165) is 32.5 Å². The van der Waals surface area contributed by atoms with Gasteiger partial charge in [0.1, 0.15) is 0 Å². The molecule has 17 heavy (non-hydrogen) atoms. The van der Waals surface area contributed by atoms with Crippen molar-refractivity contribution in [1.29, 1.82) is 0 Å². The minimum atomic E-state index is -4.03. The maximum absolute atomic E-state index is 12.7. The molecule has 1 N–H and O–H groups in total. The first kappa shape index (κ1) is 13.1. The maximum Gasteiger partial charge on any atom is 0.393 e. The highest BCUT2D eigenvalue weighted by molar-refractivity contribution is 4.93. The first-order valence-electron chi connectivity index (χ1n) is 6.43. The van der Waals surface area contributed by atoms with Crippen LogP contribution in [0.1, 0.15) is 32.6 Å². The van der Waals surface area contributed by atoms with Gasteiger partial charge in [0.05, 0.1) is 5.92 Å². The number of likely N-dealkylation sites (tertiary alicyclic amines) is 1. The van der Waals surface area contributed by atoms with Gasteiger partial charge in [-0.3, -0.25) is 0 Å². The molecule has 2 fully saturated rings. The van der Waals surface area contributed by atoms with Gasteiger partial charge >= 0.3 is 6.18 Å². The molecule has 2 rings (SSSR count). The van der Waals surface area contributed by atoms with E-state index in [1.54, 1.807) is 0 Å². The molecule has 0 bridgehead atoms. The van der Waals surface area contributed by atoms with E-state index in [9.17, 15) is 13.2 Å². The molecule has 5 heteroatoms. The van der Waals surface area contributed by atoms with Crippen molar-refractivity contribution in [2.45, 2.75) is 44.3 Å². The summed E-state index contributed by atoms with van der Waals surface area (Å²) in [7, 11) is 0. The van der Waals surface area contributed by atoms with Crippen LogP contribution in [0.5, 0.6) is 0 Å². The lowest BCUT2D eigenvalue weighted by atomic mass is 9.94. The number of nitrogens with one attached hydrogen (secondary N) is 1. The van der Waals surface area contributed by atoms with Crippen LogP contribution in [-0.4, -0.2) is 42.8 Å². The second-order valence-electron chi connectivity index (χ2n) is 5.71. The van der Waals surface area contributed by atoms with E-state index in [4.69, 9.17) is 0 Å². The summed E-state index contributed by atoms with van der Waals surface area (Å²) in [6.45, 7) is 4.86. The van der Waals surface area contributed by atoms with Gasteiger partial charge in [-0.25, -0.2) is 0 Å². The second kappa shape index (κ2) is 4.76. The molecule has 0 radical (unpaired) electrons. The maximum atomic E-state index is 12.7. The normalized spacial score (nSPS) is 36.4. The van der Waals surface area contributed by atoms with Gasteiger partial charge in [-0.1, -0.05) is 0 Å². The summed E-state index contributed by atoms with van der Waals surface area (Å²) in [6, 6.07) is 0. The van der Waals surface area contributed by atoms with Gasteiger partial charge < -0.3 is 10.2 Å². The van der Waals surface area contributed by atoms with Crippen molar-refractivity contribution in [3.63, 3.8) is 0 Å². The zero-order valence-corrected chi connectivity index (χ0v) is 10.3. The minimum absolute atomic E-state index is 0.0213. The quantitative estimate of drug-likeness (QED) is 0.809. The number of alkyl halides is 3. The standard InChI is InChI=1S/C12H21F3N2/c1-11(5-3-6-16-11)9-17-7-2-4-10(8-17)12(13,14)15/h10,16H,2-9H2,1H3. The van der Waals surface area contributed by atoms with Gasteiger partial charge in [0.25, 0.3) is 0 Å². The summed E-state index contributed by atoms with van der Waals surface area (Å²) in [5, 5.41) is 3.41. The van der Waals surface area contributed by atoms with E-state index in [1.807, 2.05) is 4.90 Å². The summed E-state index contributed by atoms with van der Waals surface area (Å²) in [5.41, 5.74) is 0.0213. The Labute approximate surface area is 101 Å². The first-order chi connectivity index (χ1) is 7.89. The molecule has 2 aliphatic rings. The van der Waals surface area contributed by atoms with Gasteiger partial charge in [-0.15, -0.1) is 0 Å². The van der Waals surface area contributed by atoms with Crippen LogP contribution in [0.15, 0.2) is 0 Å². The average Bonchev–Trinajstić information content (AvgIpc) is 2.64. The molecular formula is C12H21F3N2. The van der Waals surface area contributed by atoms with Crippen LogP contribution < -0.4 is 5.32 Å². The predicted molar refractivity (Wildman–Crippen MR) is 60.9 cm³/mol. The molecule has 0 aromatic heterocycles. The van der Waals surface area contributed by atoms with E-state index >= 15 is 0 Å². The van der Waals surface area contributed by atoms with Crippen LogP contribution in [0, 0.1) is 5.92 Å². The summed E-state index contributed by atoms with van der Waals surface area (Å²) >= 11 is 0. The third-order valence-electron chi connectivity index (χ3n) is 4.00. The highest BCUT2D eigenvalue weighted by Gasteiger charge is 2.42. The Kier molecular flexibility index (Phi) is 3.69. The Balaban J connectivity index is 1.89. The largest absolute Gasteiger partial charge is 0.393 e. The van der Waals surface area contributed by atoms with Crippen molar-refractivity contribution in [3.05, 3.63) is 0 Å². The summed E-state index contributed by atoms with van der Waals surface area (Å²) in [6.07, 6.45) is -0.861. The van der Waals surface area contributed by atoms with E-state index in [1.165, 1.54) is 0 Å². The van der Waals surface area contributed by atoms with Gasteiger partial charge in [0, 0.05) is 18.6 Å². The third-order valence-corrected chi connectivity index (χ3v) is 4.00. The Morgan fingerprint density at radius 1 is 1.35 bits per heavy atom. The van der Waals surface area contributed by atoms with Gasteiger partial charge in [0.2, 0.25) is 0 Å². The molecule has 0 amide bonds. The van der Waals surface area contributed by atoms with Crippen molar-refractivity contribution in [1.82, 2.24) is 10.2 Å². The number of hydrogen-bond donors (Lipinski definition) is 1. The molecule has 2 atom stereocenters. The summed E-state index contributed by atoms with van der Waals surface area (Å²) < 4.78 is 38.0. The molecule has 0 aromatic rings. The van der Waals surface area contributed by atoms with E-state index in [2.05, 4.69) is 12.2 Å². The second-order valence-corrected chi connectivity index (χ2v) is 5.71. The fourth-order valence-corrected chi connectivity index (χ4v) is 3.05. The van der Waals surface area contributed by atoms with Gasteiger partial charge in [-0.05, 0) is 45.7 Å². The van der Waals surface area contributed by atoms with Crippen molar-refractivity contribution in [2.75, 3.05) is 26.2 Å². The van der Waals surface area contributed by atoms with Crippen LogP contribution >= 0.6 is 0 Å². The first-order valence-corrected chi connectivity index (χ1v) is 6.43. The number of hydrogen-bond acceptors (Lipinski definition) is 2. The summed E-state index contributed by atoms with van der Waals surface area (Å²) in [4.78, 5) is 1.99. The number of piperidine rings is 1. The molecule has 0 aliphatic carbocycles. The molecule has 2 nitrogen and oxygen atoms in total.